The maximum Gasteiger partial charge on any atom is 0.226 e. The van der Waals surface area contributed by atoms with Crippen LogP contribution in [-0.4, -0.2) is 20.7 Å². The molecule has 5 nitrogen and oxygen atoms in total. The number of nitrogens with zero attached hydrogens (tertiary/aromatic N) is 3. The van der Waals surface area contributed by atoms with E-state index in [0.29, 0.717) is 13.0 Å². The summed E-state index contributed by atoms with van der Waals surface area (Å²) in [5.74, 6) is -0.0265. The summed E-state index contributed by atoms with van der Waals surface area (Å²) >= 11 is 0. The average molecular weight is 258 g/mol. The van der Waals surface area contributed by atoms with Gasteiger partial charge < -0.3 is 5.32 Å². The Hall–Kier alpha value is -2.17. The molecule has 0 aliphatic heterocycles. The number of rotatable bonds is 4. The highest BCUT2D eigenvalue weighted by Crippen LogP contribution is 2.11. The number of aromatic nitrogens is 3. The second-order valence-electron chi connectivity index (χ2n) is 4.55. The zero-order chi connectivity index (χ0) is 13.8. The molecule has 0 saturated heterocycles. The second-order valence-corrected chi connectivity index (χ2v) is 4.55. The molecule has 0 unspecified atom stereocenters. The zero-order valence-corrected chi connectivity index (χ0v) is 11.5. The van der Waals surface area contributed by atoms with Crippen LogP contribution < -0.4 is 5.32 Å². The molecule has 2 heterocycles. The number of carbonyl (C=O) groups excluding carboxylic acids is 1. The molecule has 0 aliphatic rings. The van der Waals surface area contributed by atoms with Gasteiger partial charge in [0.05, 0.1) is 12.1 Å². The molecule has 2 aromatic heterocycles. The summed E-state index contributed by atoms with van der Waals surface area (Å²) in [5.41, 5.74) is 3.89. The highest BCUT2D eigenvalue weighted by atomic mass is 16.1. The Balaban J connectivity index is 1.94. The topological polar surface area (TPSA) is 59.8 Å². The van der Waals surface area contributed by atoms with Crippen molar-refractivity contribution in [3.8, 4) is 0 Å². The van der Waals surface area contributed by atoms with Gasteiger partial charge >= 0.3 is 0 Å². The van der Waals surface area contributed by atoms with Crippen molar-refractivity contribution in [1.82, 2.24) is 20.1 Å². The second kappa shape index (κ2) is 5.65. The molecule has 19 heavy (non-hydrogen) atoms. The first kappa shape index (κ1) is 13.3. The largest absolute Gasteiger partial charge is 0.352 e. The van der Waals surface area contributed by atoms with Gasteiger partial charge in [0.2, 0.25) is 5.91 Å². The van der Waals surface area contributed by atoms with Gasteiger partial charge in [0.15, 0.2) is 0 Å². The summed E-state index contributed by atoms with van der Waals surface area (Å²) in [4.78, 5) is 16.0. The number of carbonyl (C=O) groups is 1. The van der Waals surface area contributed by atoms with Gasteiger partial charge in [-0.05, 0) is 26.0 Å². The molecule has 100 valence electrons. The first-order valence-electron chi connectivity index (χ1n) is 6.23. The van der Waals surface area contributed by atoms with Gasteiger partial charge in [-0.2, -0.15) is 5.10 Å². The third-order valence-electron chi connectivity index (χ3n) is 3.19. The Morgan fingerprint density at radius 3 is 2.74 bits per heavy atom. The van der Waals surface area contributed by atoms with Gasteiger partial charge in [0, 0.05) is 36.7 Å². The summed E-state index contributed by atoms with van der Waals surface area (Å²) in [6, 6.07) is 5.56. The lowest BCUT2D eigenvalue weighted by molar-refractivity contribution is -0.120. The van der Waals surface area contributed by atoms with E-state index in [2.05, 4.69) is 15.4 Å². The Morgan fingerprint density at radius 2 is 2.16 bits per heavy atom. The van der Waals surface area contributed by atoms with Gasteiger partial charge in [0.1, 0.15) is 0 Å². The molecule has 0 aromatic carbocycles. The number of nitrogens with one attached hydrogen (secondary N) is 1. The third kappa shape index (κ3) is 3.19. The van der Waals surface area contributed by atoms with Crippen LogP contribution in [0.15, 0.2) is 24.4 Å². The quantitative estimate of drug-likeness (QED) is 0.899. The molecule has 0 saturated carbocycles. The lowest BCUT2D eigenvalue weighted by Gasteiger charge is -2.05. The van der Waals surface area contributed by atoms with Crippen LogP contribution >= 0.6 is 0 Å². The van der Waals surface area contributed by atoms with Crippen molar-refractivity contribution in [3.63, 3.8) is 0 Å². The van der Waals surface area contributed by atoms with E-state index in [1.807, 2.05) is 43.8 Å². The minimum absolute atomic E-state index is 0.0265. The number of hydrogen-bond acceptors (Lipinski definition) is 3. The lowest BCUT2D eigenvalue weighted by atomic mass is 10.2. The highest BCUT2D eigenvalue weighted by Gasteiger charge is 2.10. The monoisotopic (exact) mass is 258 g/mol. The maximum absolute atomic E-state index is 11.8. The predicted octanol–water partition coefficient (Wildman–Crippen LogP) is 1.29. The van der Waals surface area contributed by atoms with E-state index in [1.54, 1.807) is 6.20 Å². The first-order chi connectivity index (χ1) is 9.08. The van der Waals surface area contributed by atoms with E-state index in [0.717, 1.165) is 22.6 Å². The zero-order valence-electron chi connectivity index (χ0n) is 11.5. The van der Waals surface area contributed by atoms with Gasteiger partial charge in [-0.3, -0.25) is 14.5 Å². The van der Waals surface area contributed by atoms with Crippen LogP contribution in [0.3, 0.4) is 0 Å². The van der Waals surface area contributed by atoms with Crippen LogP contribution in [0.2, 0.25) is 0 Å². The predicted molar refractivity (Wildman–Crippen MR) is 72.5 cm³/mol. The Labute approximate surface area is 112 Å². The van der Waals surface area contributed by atoms with Crippen LogP contribution in [0.25, 0.3) is 0 Å². The summed E-state index contributed by atoms with van der Waals surface area (Å²) < 4.78 is 1.83. The van der Waals surface area contributed by atoms with Crippen molar-refractivity contribution in [2.45, 2.75) is 26.8 Å². The fourth-order valence-electron chi connectivity index (χ4n) is 1.99. The van der Waals surface area contributed by atoms with Gasteiger partial charge in [-0.1, -0.05) is 6.07 Å². The van der Waals surface area contributed by atoms with Gasteiger partial charge in [-0.15, -0.1) is 0 Å². The summed E-state index contributed by atoms with van der Waals surface area (Å²) in [7, 11) is 1.90. The van der Waals surface area contributed by atoms with Crippen LogP contribution in [0.4, 0.5) is 0 Å². The molecule has 0 radical (unpaired) electrons. The van der Waals surface area contributed by atoms with E-state index in [9.17, 15) is 4.79 Å². The standard InChI is InChI=1S/C14H18N4O/c1-10-13(11(2)18(3)17-10)9-16-14(19)8-12-6-4-5-7-15-12/h4-7H,8-9H2,1-3H3,(H,16,19). The van der Waals surface area contributed by atoms with Gasteiger partial charge in [-0.25, -0.2) is 0 Å². The summed E-state index contributed by atoms with van der Waals surface area (Å²) in [6.45, 7) is 4.46. The van der Waals surface area contributed by atoms with E-state index in [-0.39, 0.29) is 5.91 Å². The Kier molecular flexibility index (Phi) is 3.94. The molecule has 0 aliphatic carbocycles. The molecular weight excluding hydrogens is 240 g/mol. The van der Waals surface area contributed by atoms with E-state index >= 15 is 0 Å². The molecule has 5 heteroatoms. The molecule has 1 N–H and O–H groups in total. The third-order valence-corrected chi connectivity index (χ3v) is 3.19. The Bertz CT molecular complexity index is 575. The fraction of sp³-hybridized carbons (Fsp3) is 0.357. The number of hydrogen-bond donors (Lipinski definition) is 1. The highest BCUT2D eigenvalue weighted by molar-refractivity contribution is 5.78. The molecular formula is C14H18N4O. The van der Waals surface area contributed by atoms with E-state index < -0.39 is 0 Å². The van der Waals surface area contributed by atoms with Gasteiger partial charge in [0.25, 0.3) is 0 Å². The minimum atomic E-state index is -0.0265. The van der Waals surface area contributed by atoms with E-state index in [4.69, 9.17) is 0 Å². The molecule has 0 spiro atoms. The molecule has 2 aromatic rings. The summed E-state index contributed by atoms with van der Waals surface area (Å²) in [6.07, 6.45) is 2.00. The van der Waals surface area contributed by atoms with Crippen LogP contribution in [0.5, 0.6) is 0 Å². The normalized spacial score (nSPS) is 10.5. The van der Waals surface area contributed by atoms with E-state index in [1.165, 1.54) is 0 Å². The number of aryl methyl sites for hydroxylation is 2. The van der Waals surface area contributed by atoms with Crippen molar-refractivity contribution in [2.75, 3.05) is 0 Å². The molecule has 0 atom stereocenters. The van der Waals surface area contributed by atoms with Crippen molar-refractivity contribution in [2.24, 2.45) is 7.05 Å². The van der Waals surface area contributed by atoms with Crippen LogP contribution in [0, 0.1) is 13.8 Å². The maximum atomic E-state index is 11.8. The van der Waals surface area contributed by atoms with Crippen LogP contribution in [-0.2, 0) is 24.8 Å². The first-order valence-corrected chi connectivity index (χ1v) is 6.23. The van der Waals surface area contributed by atoms with Crippen molar-refractivity contribution in [3.05, 3.63) is 47.0 Å². The molecule has 0 bridgehead atoms. The lowest BCUT2D eigenvalue weighted by Crippen LogP contribution is -2.25. The van der Waals surface area contributed by atoms with Crippen LogP contribution in [0.1, 0.15) is 22.6 Å². The number of amides is 1. The molecule has 2 rings (SSSR count). The minimum Gasteiger partial charge on any atom is -0.352 e. The molecule has 0 fully saturated rings. The van der Waals surface area contributed by atoms with Crippen molar-refractivity contribution < 1.29 is 4.79 Å². The SMILES string of the molecule is Cc1nn(C)c(C)c1CNC(=O)Cc1ccccn1. The number of pyridine rings is 1. The average Bonchev–Trinajstić information content (AvgIpc) is 2.62. The summed E-state index contributed by atoms with van der Waals surface area (Å²) in [5, 5.41) is 7.24. The van der Waals surface area contributed by atoms with Crippen molar-refractivity contribution >= 4 is 5.91 Å². The van der Waals surface area contributed by atoms with Crippen molar-refractivity contribution in [1.29, 1.82) is 0 Å². The molecule has 1 amide bonds. The fourth-order valence-corrected chi connectivity index (χ4v) is 1.99. The Morgan fingerprint density at radius 1 is 1.37 bits per heavy atom. The smallest absolute Gasteiger partial charge is 0.226 e.